The van der Waals surface area contributed by atoms with E-state index in [4.69, 9.17) is 0 Å². The number of benzene rings is 1. The van der Waals surface area contributed by atoms with E-state index in [0.717, 1.165) is 30.8 Å². The maximum atomic E-state index is 12.8. The zero-order valence-corrected chi connectivity index (χ0v) is 18.8. The van der Waals surface area contributed by atoms with Gasteiger partial charge in [-0.15, -0.1) is 5.10 Å². The van der Waals surface area contributed by atoms with Crippen LogP contribution in [0.1, 0.15) is 35.1 Å². The normalized spacial score (nSPS) is 25.0. The lowest BCUT2D eigenvalue weighted by Crippen LogP contribution is -2.43. The number of amides is 1. The first-order chi connectivity index (χ1) is 15.8. The molecule has 0 spiro atoms. The molecular weight excluding hydrogens is 420 g/mol. The van der Waals surface area contributed by atoms with Crippen molar-refractivity contribution in [2.45, 2.75) is 31.7 Å². The van der Waals surface area contributed by atoms with E-state index in [1.807, 2.05) is 19.2 Å². The molecule has 9 nitrogen and oxygen atoms in total. The quantitative estimate of drug-likeness (QED) is 0.544. The van der Waals surface area contributed by atoms with Gasteiger partial charge in [0.05, 0.1) is 23.8 Å². The minimum Gasteiger partial charge on any atom is -0.481 e. The topological polar surface area (TPSA) is 112 Å². The van der Waals surface area contributed by atoms with E-state index in [0.29, 0.717) is 18.7 Å². The number of nitrogens with one attached hydrogen (secondary N) is 2. The van der Waals surface area contributed by atoms with Crippen molar-refractivity contribution < 1.29 is 14.7 Å². The number of aliphatic carboxylic acids is 1. The Bertz CT molecular complexity index is 1210. The van der Waals surface area contributed by atoms with Gasteiger partial charge in [0.1, 0.15) is 0 Å². The smallest absolute Gasteiger partial charge is 0.309 e. The highest BCUT2D eigenvalue weighted by molar-refractivity contribution is 5.91. The van der Waals surface area contributed by atoms with Crippen molar-refractivity contribution in [3.8, 4) is 0 Å². The fraction of sp³-hybridized carbons (Fsp3) is 0.417. The fourth-order valence-electron chi connectivity index (χ4n) is 4.98. The van der Waals surface area contributed by atoms with Gasteiger partial charge in [0.2, 0.25) is 5.82 Å². The number of carboxylic acid groups (broad SMARTS) is 1. The average Bonchev–Trinajstić information content (AvgIpc) is 3.53. The van der Waals surface area contributed by atoms with E-state index in [-0.39, 0.29) is 11.2 Å². The number of nitrogens with zero attached hydrogens (tertiary/aromatic N) is 4. The molecule has 9 heteroatoms. The van der Waals surface area contributed by atoms with E-state index in [2.05, 4.69) is 62.9 Å². The first-order valence-electron chi connectivity index (χ1n) is 11.3. The van der Waals surface area contributed by atoms with Crippen LogP contribution >= 0.6 is 0 Å². The molecule has 0 unspecified atom stereocenters. The SMILES string of the molecule is Cc1cc(N2CC[C@](C)(c3ccccc3)C2)cn2nc(C(=O)N[C@H]3CNC[C@@H]3C(=O)O)nc12. The van der Waals surface area contributed by atoms with Gasteiger partial charge in [0.25, 0.3) is 5.91 Å². The van der Waals surface area contributed by atoms with Crippen LogP contribution in [0, 0.1) is 12.8 Å². The van der Waals surface area contributed by atoms with E-state index >= 15 is 0 Å². The lowest BCUT2D eigenvalue weighted by molar-refractivity contribution is -0.141. The van der Waals surface area contributed by atoms with Crippen LogP contribution in [-0.2, 0) is 10.2 Å². The van der Waals surface area contributed by atoms with Gasteiger partial charge in [0.15, 0.2) is 5.65 Å². The number of carboxylic acids is 1. The van der Waals surface area contributed by atoms with E-state index < -0.39 is 23.8 Å². The number of aromatic nitrogens is 3. The second-order valence-corrected chi connectivity index (χ2v) is 9.37. The number of fused-ring (bicyclic) bond motifs is 1. The molecule has 2 fully saturated rings. The molecule has 172 valence electrons. The largest absolute Gasteiger partial charge is 0.481 e. The number of hydrogen-bond donors (Lipinski definition) is 3. The number of hydrogen-bond acceptors (Lipinski definition) is 6. The summed E-state index contributed by atoms with van der Waals surface area (Å²) in [6.45, 7) is 6.84. The zero-order chi connectivity index (χ0) is 23.2. The third-order valence-corrected chi connectivity index (χ3v) is 6.96. The number of anilines is 1. The van der Waals surface area contributed by atoms with Gasteiger partial charge >= 0.3 is 5.97 Å². The molecule has 0 radical (unpaired) electrons. The molecular formula is C24H28N6O3. The van der Waals surface area contributed by atoms with Crippen LogP contribution in [0.2, 0.25) is 0 Å². The van der Waals surface area contributed by atoms with Crippen LogP contribution < -0.4 is 15.5 Å². The monoisotopic (exact) mass is 448 g/mol. The predicted molar refractivity (Wildman–Crippen MR) is 124 cm³/mol. The van der Waals surface area contributed by atoms with Crippen LogP contribution in [0.3, 0.4) is 0 Å². The highest BCUT2D eigenvalue weighted by Crippen LogP contribution is 2.36. The molecule has 2 saturated heterocycles. The molecule has 2 aliphatic rings. The Labute approximate surface area is 191 Å². The molecule has 0 aliphatic carbocycles. The summed E-state index contributed by atoms with van der Waals surface area (Å²) in [5.41, 5.74) is 4.01. The average molecular weight is 449 g/mol. The van der Waals surface area contributed by atoms with Crippen LogP contribution in [-0.4, -0.2) is 63.8 Å². The molecule has 3 atom stereocenters. The van der Waals surface area contributed by atoms with Crippen LogP contribution in [0.25, 0.3) is 5.65 Å². The zero-order valence-electron chi connectivity index (χ0n) is 18.8. The number of carbonyl (C=O) groups is 2. The minimum absolute atomic E-state index is 0.0434. The highest BCUT2D eigenvalue weighted by Gasteiger charge is 2.36. The number of pyridine rings is 1. The summed E-state index contributed by atoms with van der Waals surface area (Å²) in [5.74, 6) is -2.01. The van der Waals surface area contributed by atoms with Crippen molar-refractivity contribution in [2.75, 3.05) is 31.1 Å². The second kappa shape index (κ2) is 8.15. The molecule has 1 amide bonds. The summed E-state index contributed by atoms with van der Waals surface area (Å²) in [6.07, 6.45) is 2.97. The van der Waals surface area contributed by atoms with E-state index in [9.17, 15) is 14.7 Å². The van der Waals surface area contributed by atoms with Crippen LogP contribution in [0.5, 0.6) is 0 Å². The maximum Gasteiger partial charge on any atom is 0.309 e. The Hall–Kier alpha value is -3.46. The summed E-state index contributed by atoms with van der Waals surface area (Å²) < 4.78 is 1.65. The summed E-state index contributed by atoms with van der Waals surface area (Å²) in [4.78, 5) is 30.9. The van der Waals surface area contributed by atoms with Crippen molar-refractivity contribution in [3.05, 3.63) is 59.5 Å². The standard InChI is InChI=1S/C24H28N6O3/c1-15-10-17(29-9-8-24(2,14-29)16-6-4-3-5-7-16)13-30-21(15)27-20(28-30)22(31)26-19-12-25-11-18(19)23(32)33/h3-7,10,13,18-19,25H,8-9,11-12,14H2,1-2H3,(H,26,31)(H,32,33)/t18-,19-,24-/m0/s1. The molecule has 4 heterocycles. The molecule has 3 N–H and O–H groups in total. The van der Waals surface area contributed by atoms with Gasteiger partial charge in [-0.3, -0.25) is 9.59 Å². The van der Waals surface area contributed by atoms with Gasteiger partial charge in [-0.05, 0) is 30.5 Å². The molecule has 33 heavy (non-hydrogen) atoms. The molecule has 0 bridgehead atoms. The van der Waals surface area contributed by atoms with Gasteiger partial charge in [-0.1, -0.05) is 37.3 Å². The Balaban J connectivity index is 1.37. The Morgan fingerprint density at radius 2 is 2.03 bits per heavy atom. The summed E-state index contributed by atoms with van der Waals surface area (Å²) >= 11 is 0. The molecule has 3 aromatic rings. The van der Waals surface area contributed by atoms with Gasteiger partial charge in [-0.2, -0.15) is 0 Å². The lowest BCUT2D eigenvalue weighted by atomic mass is 9.82. The third kappa shape index (κ3) is 3.93. The van der Waals surface area contributed by atoms with Crippen molar-refractivity contribution in [2.24, 2.45) is 5.92 Å². The molecule has 0 saturated carbocycles. The molecule has 5 rings (SSSR count). The first kappa shape index (κ1) is 21.4. The van der Waals surface area contributed by atoms with Crippen LogP contribution in [0.15, 0.2) is 42.6 Å². The predicted octanol–water partition coefficient (Wildman–Crippen LogP) is 1.61. The van der Waals surface area contributed by atoms with E-state index in [1.54, 1.807) is 4.52 Å². The maximum absolute atomic E-state index is 12.8. The van der Waals surface area contributed by atoms with Crippen molar-refractivity contribution in [1.29, 1.82) is 0 Å². The summed E-state index contributed by atoms with van der Waals surface area (Å²) in [7, 11) is 0. The highest BCUT2D eigenvalue weighted by atomic mass is 16.4. The minimum atomic E-state index is -0.929. The Morgan fingerprint density at radius 3 is 2.79 bits per heavy atom. The number of aryl methyl sites for hydroxylation is 1. The Morgan fingerprint density at radius 1 is 1.24 bits per heavy atom. The molecule has 1 aromatic carbocycles. The van der Waals surface area contributed by atoms with Gasteiger partial charge in [0, 0.05) is 31.6 Å². The number of carbonyl (C=O) groups excluding carboxylic acids is 1. The van der Waals surface area contributed by atoms with Crippen molar-refractivity contribution in [1.82, 2.24) is 25.2 Å². The molecule has 2 aliphatic heterocycles. The molecule has 2 aromatic heterocycles. The van der Waals surface area contributed by atoms with Gasteiger partial charge in [-0.25, -0.2) is 9.50 Å². The summed E-state index contributed by atoms with van der Waals surface area (Å²) in [5, 5.41) is 19.5. The first-order valence-corrected chi connectivity index (χ1v) is 11.3. The number of rotatable bonds is 5. The van der Waals surface area contributed by atoms with Crippen molar-refractivity contribution in [3.63, 3.8) is 0 Å². The lowest BCUT2D eigenvalue weighted by Gasteiger charge is -2.26. The fourth-order valence-corrected chi connectivity index (χ4v) is 4.98. The van der Waals surface area contributed by atoms with Crippen molar-refractivity contribution >= 4 is 23.2 Å². The summed E-state index contributed by atoms with van der Waals surface area (Å²) in [6, 6.07) is 12.2. The second-order valence-electron chi connectivity index (χ2n) is 9.37. The van der Waals surface area contributed by atoms with Gasteiger partial charge < -0.3 is 20.6 Å². The van der Waals surface area contributed by atoms with Crippen LogP contribution in [0.4, 0.5) is 5.69 Å². The Kier molecular flexibility index (Phi) is 5.28. The third-order valence-electron chi connectivity index (χ3n) is 6.96. The van der Waals surface area contributed by atoms with E-state index in [1.165, 1.54) is 5.56 Å².